The summed E-state index contributed by atoms with van der Waals surface area (Å²) in [7, 11) is 1.48. The fraction of sp³-hybridized carbons (Fsp3) is 0.235. The van der Waals surface area contributed by atoms with Crippen LogP contribution in [0.4, 0.5) is 8.78 Å². The molecule has 0 saturated carbocycles. The standard InChI is InChI=1S/C17H15F2N3O4S/c1-26-6-5-20-14(23)9-21-13-4-7-27-15(13)16(24)22(17(21)25)12-3-2-10(18)8-11(12)19/h2-4,7-8H,5-6,9H2,1H3,(H,20,23). The molecule has 0 radical (unpaired) electrons. The summed E-state index contributed by atoms with van der Waals surface area (Å²) in [4.78, 5) is 37.7. The normalized spacial score (nSPS) is 11.1. The zero-order valence-corrected chi connectivity index (χ0v) is 15.0. The monoisotopic (exact) mass is 395 g/mol. The summed E-state index contributed by atoms with van der Waals surface area (Å²) in [5.74, 6) is -2.35. The lowest BCUT2D eigenvalue weighted by Crippen LogP contribution is -2.42. The number of nitrogens with one attached hydrogen (secondary N) is 1. The van der Waals surface area contributed by atoms with Crippen LogP contribution in [0.1, 0.15) is 0 Å². The maximum atomic E-state index is 14.2. The number of methoxy groups -OCH3 is 1. The lowest BCUT2D eigenvalue weighted by molar-refractivity contribution is -0.121. The SMILES string of the molecule is COCCNC(=O)Cn1c(=O)n(-c2ccc(F)cc2F)c(=O)c2sccc21. The van der Waals surface area contributed by atoms with Gasteiger partial charge in [0.2, 0.25) is 5.91 Å². The van der Waals surface area contributed by atoms with Crippen LogP contribution in [-0.2, 0) is 16.1 Å². The van der Waals surface area contributed by atoms with Crippen molar-refractivity contribution in [3.63, 3.8) is 0 Å². The number of ether oxygens (including phenoxy) is 1. The molecule has 1 N–H and O–H groups in total. The van der Waals surface area contributed by atoms with Gasteiger partial charge in [-0.05, 0) is 23.6 Å². The van der Waals surface area contributed by atoms with Crippen molar-refractivity contribution in [2.24, 2.45) is 0 Å². The van der Waals surface area contributed by atoms with Gasteiger partial charge >= 0.3 is 5.69 Å². The first-order valence-electron chi connectivity index (χ1n) is 7.88. The number of aromatic nitrogens is 2. The summed E-state index contributed by atoms with van der Waals surface area (Å²) in [5.41, 5.74) is -1.73. The molecular weight excluding hydrogens is 380 g/mol. The zero-order chi connectivity index (χ0) is 19.6. The minimum atomic E-state index is -1.05. The molecule has 0 bridgehead atoms. The average molecular weight is 395 g/mol. The van der Waals surface area contributed by atoms with Crippen LogP contribution in [0, 0.1) is 11.6 Å². The van der Waals surface area contributed by atoms with Crippen LogP contribution in [0.2, 0.25) is 0 Å². The highest BCUT2D eigenvalue weighted by Crippen LogP contribution is 2.18. The van der Waals surface area contributed by atoms with Crippen molar-refractivity contribution in [1.82, 2.24) is 14.5 Å². The zero-order valence-electron chi connectivity index (χ0n) is 14.2. The Morgan fingerprint density at radius 2 is 2.04 bits per heavy atom. The molecule has 0 aliphatic heterocycles. The Kier molecular flexibility index (Phi) is 5.47. The molecule has 0 spiro atoms. The number of hydrogen-bond donors (Lipinski definition) is 1. The van der Waals surface area contributed by atoms with E-state index >= 15 is 0 Å². The molecule has 10 heteroatoms. The second-order valence-corrected chi connectivity index (χ2v) is 6.50. The summed E-state index contributed by atoms with van der Waals surface area (Å²) < 4.78 is 34.1. The molecule has 1 amide bonds. The van der Waals surface area contributed by atoms with Crippen molar-refractivity contribution in [3.05, 3.63) is 62.1 Å². The molecule has 7 nitrogen and oxygen atoms in total. The van der Waals surface area contributed by atoms with Gasteiger partial charge in [-0.3, -0.25) is 14.2 Å². The van der Waals surface area contributed by atoms with E-state index in [1.165, 1.54) is 13.2 Å². The number of hydrogen-bond acceptors (Lipinski definition) is 5. The molecule has 0 aliphatic rings. The summed E-state index contributed by atoms with van der Waals surface area (Å²) in [5, 5.41) is 4.17. The number of carbonyl (C=O) groups is 1. The molecule has 3 aromatic rings. The largest absolute Gasteiger partial charge is 0.383 e. The van der Waals surface area contributed by atoms with E-state index in [-0.39, 0.29) is 29.0 Å². The number of rotatable bonds is 6. The molecule has 0 fully saturated rings. The van der Waals surface area contributed by atoms with E-state index in [4.69, 9.17) is 4.74 Å². The summed E-state index contributed by atoms with van der Waals surface area (Å²) in [6.45, 7) is 0.191. The second kappa shape index (κ2) is 7.80. The van der Waals surface area contributed by atoms with E-state index in [2.05, 4.69) is 5.32 Å². The van der Waals surface area contributed by atoms with Crippen LogP contribution in [0.5, 0.6) is 0 Å². The van der Waals surface area contributed by atoms with Crippen LogP contribution in [-0.4, -0.2) is 35.3 Å². The van der Waals surface area contributed by atoms with Crippen molar-refractivity contribution in [1.29, 1.82) is 0 Å². The quantitative estimate of drug-likeness (QED) is 0.637. The molecule has 3 rings (SSSR count). The number of amides is 1. The molecule has 2 aromatic heterocycles. The van der Waals surface area contributed by atoms with E-state index in [1.807, 2.05) is 0 Å². The van der Waals surface area contributed by atoms with Crippen molar-refractivity contribution in [2.45, 2.75) is 6.54 Å². The number of benzene rings is 1. The van der Waals surface area contributed by atoms with E-state index in [0.29, 0.717) is 17.2 Å². The molecular formula is C17H15F2N3O4S. The fourth-order valence-electron chi connectivity index (χ4n) is 2.61. The van der Waals surface area contributed by atoms with Crippen LogP contribution in [0.25, 0.3) is 15.9 Å². The van der Waals surface area contributed by atoms with Gasteiger partial charge in [0.05, 0.1) is 17.8 Å². The summed E-state index contributed by atoms with van der Waals surface area (Å²) in [6.07, 6.45) is 0. The van der Waals surface area contributed by atoms with Crippen molar-refractivity contribution >= 4 is 27.5 Å². The predicted molar refractivity (Wildman–Crippen MR) is 96.5 cm³/mol. The minimum Gasteiger partial charge on any atom is -0.383 e. The third kappa shape index (κ3) is 3.67. The highest BCUT2D eigenvalue weighted by atomic mass is 32.1. The Bertz CT molecular complexity index is 1120. The van der Waals surface area contributed by atoms with Gasteiger partial charge in [0.15, 0.2) is 0 Å². The van der Waals surface area contributed by atoms with Gasteiger partial charge in [-0.2, -0.15) is 0 Å². The number of nitrogens with zero attached hydrogens (tertiary/aromatic N) is 2. The highest BCUT2D eigenvalue weighted by Gasteiger charge is 2.19. The fourth-order valence-corrected chi connectivity index (χ4v) is 3.43. The van der Waals surface area contributed by atoms with Gasteiger partial charge in [-0.25, -0.2) is 18.1 Å². The molecule has 2 heterocycles. The second-order valence-electron chi connectivity index (χ2n) is 5.58. The third-order valence-electron chi connectivity index (χ3n) is 3.84. The maximum absolute atomic E-state index is 14.2. The Morgan fingerprint density at radius 3 is 2.74 bits per heavy atom. The van der Waals surface area contributed by atoms with Crippen LogP contribution in [0.15, 0.2) is 39.2 Å². The Labute approximate surface area is 155 Å². The molecule has 0 unspecified atom stereocenters. The molecule has 142 valence electrons. The molecule has 0 aliphatic carbocycles. The topological polar surface area (TPSA) is 82.3 Å². The van der Waals surface area contributed by atoms with Crippen LogP contribution in [0.3, 0.4) is 0 Å². The Morgan fingerprint density at radius 1 is 1.26 bits per heavy atom. The number of halogens is 2. The van der Waals surface area contributed by atoms with Crippen molar-refractivity contribution in [3.8, 4) is 5.69 Å². The van der Waals surface area contributed by atoms with Gasteiger partial charge in [-0.1, -0.05) is 0 Å². The van der Waals surface area contributed by atoms with Crippen LogP contribution < -0.4 is 16.6 Å². The van der Waals surface area contributed by atoms with Crippen LogP contribution >= 0.6 is 11.3 Å². The van der Waals surface area contributed by atoms with Gasteiger partial charge in [0.25, 0.3) is 5.56 Å². The Hall–Kier alpha value is -2.85. The van der Waals surface area contributed by atoms with Crippen molar-refractivity contribution in [2.75, 3.05) is 20.3 Å². The third-order valence-corrected chi connectivity index (χ3v) is 4.73. The first-order valence-corrected chi connectivity index (χ1v) is 8.76. The first kappa shape index (κ1) is 18.9. The smallest absolute Gasteiger partial charge is 0.336 e. The van der Waals surface area contributed by atoms with Crippen molar-refractivity contribution < 1.29 is 18.3 Å². The first-order chi connectivity index (χ1) is 12.9. The Balaban J connectivity index is 2.14. The minimum absolute atomic E-state index is 0.183. The highest BCUT2D eigenvalue weighted by molar-refractivity contribution is 7.17. The lowest BCUT2D eigenvalue weighted by atomic mass is 10.3. The number of thiophene rings is 1. The molecule has 0 atom stereocenters. The predicted octanol–water partition coefficient (Wildman–Crippen LogP) is 1.25. The van der Waals surface area contributed by atoms with E-state index in [0.717, 1.165) is 28.0 Å². The molecule has 0 saturated heterocycles. The van der Waals surface area contributed by atoms with E-state index < -0.39 is 28.8 Å². The van der Waals surface area contributed by atoms with E-state index in [1.54, 1.807) is 5.38 Å². The van der Waals surface area contributed by atoms with Gasteiger partial charge < -0.3 is 10.1 Å². The van der Waals surface area contributed by atoms with Gasteiger partial charge in [-0.15, -0.1) is 11.3 Å². The summed E-state index contributed by atoms with van der Waals surface area (Å²) >= 11 is 1.06. The molecule has 27 heavy (non-hydrogen) atoms. The van der Waals surface area contributed by atoms with E-state index in [9.17, 15) is 23.2 Å². The average Bonchev–Trinajstić information content (AvgIpc) is 3.10. The number of carbonyl (C=O) groups excluding carboxylic acids is 1. The van der Waals surface area contributed by atoms with Gasteiger partial charge in [0, 0.05) is 19.7 Å². The lowest BCUT2D eigenvalue weighted by Gasteiger charge is -2.13. The number of fused-ring (bicyclic) bond motifs is 1. The maximum Gasteiger partial charge on any atom is 0.336 e. The van der Waals surface area contributed by atoms with Gasteiger partial charge in [0.1, 0.15) is 22.9 Å². The summed E-state index contributed by atoms with van der Waals surface area (Å²) in [6, 6.07) is 4.08. The molecule has 1 aromatic carbocycles.